The molecule has 0 radical (unpaired) electrons. The minimum absolute atomic E-state index is 0.0101. The molecule has 0 saturated heterocycles. The van der Waals surface area contributed by atoms with E-state index in [1.54, 1.807) is 26.2 Å². The van der Waals surface area contributed by atoms with Gasteiger partial charge < -0.3 is 14.4 Å². The molecule has 146 valence electrons. The average molecular weight is 417 g/mol. The fourth-order valence-electron chi connectivity index (χ4n) is 2.75. The summed E-state index contributed by atoms with van der Waals surface area (Å²) in [4.78, 5) is 18.8. The molecular weight excluding hydrogens is 396 g/mol. The number of benzene rings is 2. The number of methoxy groups -OCH3 is 2. The normalized spacial score (nSPS) is 10.6. The Morgan fingerprint density at radius 1 is 1.14 bits per heavy atom. The first-order valence-electron chi connectivity index (χ1n) is 8.66. The highest BCUT2D eigenvalue weighted by Crippen LogP contribution is 2.33. The van der Waals surface area contributed by atoms with Crippen molar-refractivity contribution in [2.45, 2.75) is 13.0 Å². The van der Waals surface area contributed by atoms with Crippen LogP contribution in [-0.2, 0) is 17.8 Å². The maximum atomic E-state index is 12.6. The quantitative estimate of drug-likeness (QED) is 0.561. The zero-order valence-electron chi connectivity index (χ0n) is 15.9. The second kappa shape index (κ2) is 9.08. The molecule has 0 aliphatic rings. The van der Waals surface area contributed by atoms with E-state index >= 15 is 0 Å². The van der Waals surface area contributed by atoms with Crippen molar-refractivity contribution in [3.8, 4) is 22.1 Å². The molecule has 1 amide bonds. The van der Waals surface area contributed by atoms with Gasteiger partial charge in [0.05, 0.1) is 26.3 Å². The molecule has 5 nitrogen and oxygen atoms in total. The van der Waals surface area contributed by atoms with E-state index in [1.807, 2.05) is 47.8 Å². The zero-order chi connectivity index (χ0) is 20.1. The lowest BCUT2D eigenvalue weighted by Crippen LogP contribution is -2.27. The second-order valence-corrected chi connectivity index (χ2v) is 7.50. The Bertz CT molecular complexity index is 974. The summed E-state index contributed by atoms with van der Waals surface area (Å²) in [6, 6.07) is 13.2. The summed E-state index contributed by atoms with van der Waals surface area (Å²) in [6.45, 7) is 0.463. The molecule has 0 saturated carbocycles. The lowest BCUT2D eigenvalue weighted by Gasteiger charge is -2.17. The van der Waals surface area contributed by atoms with Crippen LogP contribution >= 0.6 is 22.9 Å². The molecule has 0 fully saturated rings. The number of nitrogens with zero attached hydrogens (tertiary/aromatic N) is 2. The van der Waals surface area contributed by atoms with Gasteiger partial charge in [-0.3, -0.25) is 4.79 Å². The highest BCUT2D eigenvalue weighted by atomic mass is 35.5. The van der Waals surface area contributed by atoms with Crippen molar-refractivity contribution >= 4 is 28.8 Å². The van der Waals surface area contributed by atoms with Gasteiger partial charge in [-0.1, -0.05) is 29.8 Å². The molecular formula is C21H21ClN2O3S. The summed E-state index contributed by atoms with van der Waals surface area (Å²) in [5.74, 6) is 1.30. The van der Waals surface area contributed by atoms with Gasteiger partial charge in [0, 0.05) is 29.6 Å². The first-order chi connectivity index (χ1) is 13.5. The van der Waals surface area contributed by atoms with Crippen LogP contribution in [0.1, 0.15) is 11.3 Å². The van der Waals surface area contributed by atoms with Gasteiger partial charge in [-0.25, -0.2) is 4.98 Å². The Kier molecular flexibility index (Phi) is 6.54. The fraction of sp³-hybridized carbons (Fsp3) is 0.238. The highest BCUT2D eigenvalue weighted by molar-refractivity contribution is 7.13. The molecule has 28 heavy (non-hydrogen) atoms. The lowest BCUT2D eigenvalue weighted by molar-refractivity contribution is -0.129. The molecule has 7 heteroatoms. The number of hydrogen-bond acceptors (Lipinski definition) is 5. The highest BCUT2D eigenvalue weighted by Gasteiger charge is 2.15. The van der Waals surface area contributed by atoms with Crippen LogP contribution in [0.3, 0.4) is 0 Å². The SMILES string of the molecule is COc1ccc(-c2nc(CC(=O)N(C)Cc3ccccc3Cl)cs2)cc1OC. The lowest BCUT2D eigenvalue weighted by atomic mass is 10.2. The monoisotopic (exact) mass is 416 g/mol. The number of rotatable bonds is 7. The van der Waals surface area contributed by atoms with Gasteiger partial charge in [0.15, 0.2) is 11.5 Å². The van der Waals surface area contributed by atoms with Crippen LogP contribution in [0.15, 0.2) is 47.8 Å². The van der Waals surface area contributed by atoms with E-state index in [0.29, 0.717) is 23.1 Å². The third-order valence-electron chi connectivity index (χ3n) is 4.31. The Morgan fingerprint density at radius 2 is 1.89 bits per heavy atom. The summed E-state index contributed by atoms with van der Waals surface area (Å²) < 4.78 is 10.6. The number of ether oxygens (including phenoxy) is 2. The van der Waals surface area contributed by atoms with Crippen LogP contribution in [0, 0.1) is 0 Å². The molecule has 0 aliphatic carbocycles. The fourth-order valence-corrected chi connectivity index (χ4v) is 3.76. The van der Waals surface area contributed by atoms with Crippen LogP contribution in [0.2, 0.25) is 5.02 Å². The first kappa shape index (κ1) is 20.2. The summed E-state index contributed by atoms with van der Waals surface area (Å²) in [5.41, 5.74) is 2.58. The van der Waals surface area contributed by atoms with Gasteiger partial charge >= 0.3 is 0 Å². The van der Waals surface area contributed by atoms with Gasteiger partial charge in [0.25, 0.3) is 0 Å². The molecule has 3 rings (SSSR count). The number of carbonyl (C=O) groups is 1. The van der Waals surface area contributed by atoms with Gasteiger partial charge in [0.1, 0.15) is 5.01 Å². The Hall–Kier alpha value is -2.57. The summed E-state index contributed by atoms with van der Waals surface area (Å²) in [7, 11) is 4.97. The van der Waals surface area contributed by atoms with Gasteiger partial charge in [-0.2, -0.15) is 0 Å². The van der Waals surface area contributed by atoms with E-state index in [1.165, 1.54) is 11.3 Å². The van der Waals surface area contributed by atoms with E-state index in [-0.39, 0.29) is 12.3 Å². The molecule has 0 atom stereocenters. The first-order valence-corrected chi connectivity index (χ1v) is 9.91. The smallest absolute Gasteiger partial charge is 0.228 e. The number of halogens is 1. The number of carbonyl (C=O) groups excluding carboxylic acids is 1. The summed E-state index contributed by atoms with van der Waals surface area (Å²) in [6.07, 6.45) is 0.241. The minimum atomic E-state index is -0.0101. The van der Waals surface area contributed by atoms with Crippen molar-refractivity contribution in [2.75, 3.05) is 21.3 Å². The Labute approximate surface area is 173 Å². The Balaban J connectivity index is 1.69. The minimum Gasteiger partial charge on any atom is -0.493 e. The largest absolute Gasteiger partial charge is 0.493 e. The number of amides is 1. The van der Waals surface area contributed by atoms with E-state index in [0.717, 1.165) is 21.8 Å². The van der Waals surface area contributed by atoms with Gasteiger partial charge in [-0.05, 0) is 29.8 Å². The van der Waals surface area contributed by atoms with Crippen molar-refractivity contribution in [3.63, 3.8) is 0 Å². The molecule has 3 aromatic rings. The zero-order valence-corrected chi connectivity index (χ0v) is 17.5. The van der Waals surface area contributed by atoms with Crippen molar-refractivity contribution < 1.29 is 14.3 Å². The maximum absolute atomic E-state index is 12.6. The van der Waals surface area contributed by atoms with Crippen molar-refractivity contribution in [1.82, 2.24) is 9.88 Å². The molecule has 1 heterocycles. The van der Waals surface area contributed by atoms with Crippen LogP contribution in [0.25, 0.3) is 10.6 Å². The molecule has 0 bridgehead atoms. The number of thiazole rings is 1. The van der Waals surface area contributed by atoms with Crippen LogP contribution in [-0.4, -0.2) is 37.1 Å². The van der Waals surface area contributed by atoms with Crippen molar-refractivity contribution in [2.24, 2.45) is 0 Å². The second-order valence-electron chi connectivity index (χ2n) is 6.23. The average Bonchev–Trinajstić information content (AvgIpc) is 3.17. The third kappa shape index (κ3) is 4.64. The standard InChI is InChI=1S/C21H21ClN2O3S/c1-24(12-15-6-4-5-7-17(15)22)20(25)11-16-13-28-21(23-16)14-8-9-18(26-2)19(10-14)27-3/h4-10,13H,11-12H2,1-3H3. The molecule has 0 aliphatic heterocycles. The van der Waals surface area contributed by atoms with Crippen LogP contribution in [0.5, 0.6) is 11.5 Å². The Morgan fingerprint density at radius 3 is 2.61 bits per heavy atom. The third-order valence-corrected chi connectivity index (χ3v) is 5.61. The maximum Gasteiger partial charge on any atom is 0.228 e. The van der Waals surface area contributed by atoms with E-state index < -0.39 is 0 Å². The molecule has 1 aromatic heterocycles. The molecule has 0 spiro atoms. The predicted octanol–water partition coefficient (Wildman–Crippen LogP) is 4.68. The number of aromatic nitrogens is 1. The topological polar surface area (TPSA) is 51.7 Å². The summed E-state index contributed by atoms with van der Waals surface area (Å²) >= 11 is 7.68. The van der Waals surface area contributed by atoms with E-state index in [2.05, 4.69) is 4.98 Å². The van der Waals surface area contributed by atoms with Crippen LogP contribution in [0.4, 0.5) is 0 Å². The van der Waals surface area contributed by atoms with Crippen molar-refractivity contribution in [3.05, 3.63) is 64.1 Å². The van der Waals surface area contributed by atoms with Crippen molar-refractivity contribution in [1.29, 1.82) is 0 Å². The number of likely N-dealkylation sites (N-methyl/N-ethyl adjacent to an activating group) is 1. The summed E-state index contributed by atoms with van der Waals surface area (Å²) in [5, 5.41) is 3.40. The van der Waals surface area contributed by atoms with Crippen LogP contribution < -0.4 is 9.47 Å². The van der Waals surface area contributed by atoms with E-state index in [4.69, 9.17) is 21.1 Å². The van der Waals surface area contributed by atoms with Gasteiger partial charge in [0.2, 0.25) is 5.91 Å². The number of hydrogen-bond donors (Lipinski definition) is 0. The molecule has 0 N–H and O–H groups in total. The molecule has 2 aromatic carbocycles. The predicted molar refractivity (Wildman–Crippen MR) is 112 cm³/mol. The van der Waals surface area contributed by atoms with Gasteiger partial charge in [-0.15, -0.1) is 11.3 Å². The molecule has 0 unspecified atom stereocenters. The van der Waals surface area contributed by atoms with E-state index in [9.17, 15) is 4.79 Å².